The zero-order valence-electron chi connectivity index (χ0n) is 10.6. The summed E-state index contributed by atoms with van der Waals surface area (Å²) in [5, 5.41) is 3.43. The average molecular weight is 247 g/mol. The number of hydrogen-bond acceptors (Lipinski definition) is 2. The van der Waals surface area contributed by atoms with Crippen LogP contribution in [0.15, 0.2) is 6.07 Å². The van der Waals surface area contributed by atoms with Gasteiger partial charge in [0.15, 0.2) is 0 Å². The summed E-state index contributed by atoms with van der Waals surface area (Å²) in [6.45, 7) is 0. The van der Waals surface area contributed by atoms with E-state index in [9.17, 15) is 0 Å². The molecule has 1 aromatic rings. The Bertz CT molecular complexity index is 376. The highest BCUT2D eigenvalue weighted by Crippen LogP contribution is 2.34. The van der Waals surface area contributed by atoms with Crippen molar-refractivity contribution in [3.8, 4) is 12.3 Å². The van der Waals surface area contributed by atoms with Gasteiger partial charge in [-0.15, -0.1) is 23.7 Å². The number of thiophene rings is 1. The van der Waals surface area contributed by atoms with Gasteiger partial charge in [-0.2, -0.15) is 0 Å². The Morgan fingerprint density at radius 3 is 3.00 bits per heavy atom. The van der Waals surface area contributed by atoms with Crippen LogP contribution in [-0.4, -0.2) is 7.05 Å². The van der Waals surface area contributed by atoms with E-state index in [0.717, 1.165) is 19.3 Å². The molecule has 0 aromatic carbocycles. The molecule has 0 saturated carbocycles. The van der Waals surface area contributed by atoms with Crippen LogP contribution in [0.2, 0.25) is 0 Å². The quantitative estimate of drug-likeness (QED) is 0.618. The van der Waals surface area contributed by atoms with Gasteiger partial charge in [0.25, 0.3) is 0 Å². The molecule has 0 aliphatic heterocycles. The van der Waals surface area contributed by atoms with Crippen LogP contribution in [0.1, 0.15) is 53.5 Å². The third-order valence-electron chi connectivity index (χ3n) is 3.52. The monoisotopic (exact) mass is 247 g/mol. The number of rotatable bonds is 5. The molecule has 92 valence electrons. The van der Waals surface area contributed by atoms with Crippen molar-refractivity contribution in [1.82, 2.24) is 5.32 Å². The van der Waals surface area contributed by atoms with Crippen molar-refractivity contribution in [2.45, 2.75) is 51.0 Å². The summed E-state index contributed by atoms with van der Waals surface area (Å²) in [5.74, 6) is 2.72. The van der Waals surface area contributed by atoms with Gasteiger partial charge in [0.2, 0.25) is 0 Å². The molecule has 1 heterocycles. The Morgan fingerprint density at radius 2 is 2.29 bits per heavy atom. The Balaban J connectivity index is 2.03. The first-order valence-electron chi connectivity index (χ1n) is 6.57. The van der Waals surface area contributed by atoms with E-state index in [1.54, 1.807) is 10.4 Å². The van der Waals surface area contributed by atoms with Crippen LogP contribution >= 0.6 is 11.3 Å². The largest absolute Gasteiger partial charge is 0.312 e. The minimum absolute atomic E-state index is 0.499. The number of terminal acetylenes is 1. The van der Waals surface area contributed by atoms with Gasteiger partial charge >= 0.3 is 0 Å². The summed E-state index contributed by atoms with van der Waals surface area (Å²) >= 11 is 2.01. The molecule has 0 spiro atoms. The molecule has 0 radical (unpaired) electrons. The van der Waals surface area contributed by atoms with E-state index in [1.807, 2.05) is 11.3 Å². The highest BCUT2D eigenvalue weighted by Gasteiger charge is 2.17. The third-order valence-corrected chi connectivity index (χ3v) is 4.87. The van der Waals surface area contributed by atoms with E-state index < -0.39 is 0 Å². The van der Waals surface area contributed by atoms with Gasteiger partial charge in [-0.3, -0.25) is 0 Å². The molecule has 1 N–H and O–H groups in total. The zero-order chi connectivity index (χ0) is 12.1. The van der Waals surface area contributed by atoms with E-state index >= 15 is 0 Å². The van der Waals surface area contributed by atoms with Crippen molar-refractivity contribution in [1.29, 1.82) is 0 Å². The predicted molar refractivity (Wildman–Crippen MR) is 75.4 cm³/mol. The number of unbranched alkanes of at least 4 members (excludes halogenated alkanes) is 1. The highest BCUT2D eigenvalue weighted by molar-refractivity contribution is 7.12. The SMILES string of the molecule is C#CCCCC(NC)c1cc2c(s1)CCCC2. The minimum atomic E-state index is 0.499. The lowest BCUT2D eigenvalue weighted by Gasteiger charge is -2.13. The average Bonchev–Trinajstić information content (AvgIpc) is 2.78. The van der Waals surface area contributed by atoms with E-state index in [2.05, 4.69) is 24.4 Å². The predicted octanol–water partition coefficient (Wildman–Crippen LogP) is 3.69. The smallest absolute Gasteiger partial charge is 0.0412 e. The van der Waals surface area contributed by atoms with Crippen molar-refractivity contribution in [2.24, 2.45) is 0 Å². The molecular formula is C15H21NS. The van der Waals surface area contributed by atoms with Gasteiger partial charge in [-0.1, -0.05) is 0 Å². The zero-order valence-corrected chi connectivity index (χ0v) is 11.4. The summed E-state index contributed by atoms with van der Waals surface area (Å²) in [5.41, 5.74) is 1.61. The van der Waals surface area contributed by atoms with Crippen molar-refractivity contribution >= 4 is 11.3 Å². The molecular weight excluding hydrogens is 226 g/mol. The van der Waals surface area contributed by atoms with Crippen LogP contribution in [0.3, 0.4) is 0 Å². The van der Waals surface area contributed by atoms with E-state index in [0.29, 0.717) is 6.04 Å². The molecule has 1 unspecified atom stereocenters. The van der Waals surface area contributed by atoms with E-state index in [-0.39, 0.29) is 0 Å². The van der Waals surface area contributed by atoms with Crippen LogP contribution in [0, 0.1) is 12.3 Å². The van der Waals surface area contributed by atoms with Gasteiger partial charge in [-0.25, -0.2) is 0 Å². The summed E-state index contributed by atoms with van der Waals surface area (Å²) in [4.78, 5) is 3.14. The Labute approximate surface area is 109 Å². The fourth-order valence-corrected chi connectivity index (χ4v) is 3.92. The lowest BCUT2D eigenvalue weighted by molar-refractivity contribution is 0.539. The van der Waals surface area contributed by atoms with Gasteiger partial charge < -0.3 is 5.32 Å². The van der Waals surface area contributed by atoms with Crippen molar-refractivity contribution in [3.63, 3.8) is 0 Å². The fraction of sp³-hybridized carbons (Fsp3) is 0.600. The Hall–Kier alpha value is -0.780. The van der Waals surface area contributed by atoms with Crippen molar-refractivity contribution < 1.29 is 0 Å². The molecule has 0 bridgehead atoms. The molecule has 1 atom stereocenters. The van der Waals surface area contributed by atoms with Crippen LogP contribution in [-0.2, 0) is 12.8 Å². The fourth-order valence-electron chi connectivity index (χ4n) is 2.52. The number of fused-ring (bicyclic) bond motifs is 1. The maximum atomic E-state index is 5.31. The molecule has 0 amide bonds. The molecule has 1 aliphatic carbocycles. The normalized spacial score (nSPS) is 16.2. The molecule has 0 fully saturated rings. The van der Waals surface area contributed by atoms with Crippen LogP contribution < -0.4 is 5.32 Å². The minimum Gasteiger partial charge on any atom is -0.312 e. The molecule has 17 heavy (non-hydrogen) atoms. The second-order valence-electron chi connectivity index (χ2n) is 4.74. The number of nitrogens with one attached hydrogen (secondary N) is 1. The Kier molecular flexibility index (Phi) is 4.65. The van der Waals surface area contributed by atoms with E-state index in [1.165, 1.54) is 30.6 Å². The van der Waals surface area contributed by atoms with Gasteiger partial charge in [-0.05, 0) is 57.2 Å². The van der Waals surface area contributed by atoms with Crippen molar-refractivity contribution in [3.05, 3.63) is 21.4 Å². The molecule has 0 saturated heterocycles. The topological polar surface area (TPSA) is 12.0 Å². The van der Waals surface area contributed by atoms with Gasteiger partial charge in [0.1, 0.15) is 0 Å². The van der Waals surface area contributed by atoms with Crippen LogP contribution in [0.25, 0.3) is 0 Å². The molecule has 1 nitrogen and oxygen atoms in total. The summed E-state index contributed by atoms with van der Waals surface area (Å²) in [6, 6.07) is 2.93. The first kappa shape index (κ1) is 12.7. The summed E-state index contributed by atoms with van der Waals surface area (Å²) in [6.07, 6.45) is 13.8. The lowest BCUT2D eigenvalue weighted by atomic mass is 9.98. The maximum Gasteiger partial charge on any atom is 0.0412 e. The van der Waals surface area contributed by atoms with Crippen molar-refractivity contribution in [2.75, 3.05) is 7.05 Å². The Morgan fingerprint density at radius 1 is 1.47 bits per heavy atom. The third kappa shape index (κ3) is 3.12. The van der Waals surface area contributed by atoms with Gasteiger partial charge in [0.05, 0.1) is 0 Å². The number of hydrogen-bond donors (Lipinski definition) is 1. The molecule has 1 aliphatic rings. The van der Waals surface area contributed by atoms with E-state index in [4.69, 9.17) is 6.42 Å². The van der Waals surface area contributed by atoms with Crippen LogP contribution in [0.5, 0.6) is 0 Å². The van der Waals surface area contributed by atoms with Gasteiger partial charge in [0, 0.05) is 22.2 Å². The molecule has 1 aromatic heterocycles. The highest BCUT2D eigenvalue weighted by atomic mass is 32.1. The summed E-state index contributed by atoms with van der Waals surface area (Å²) < 4.78 is 0. The first-order chi connectivity index (χ1) is 8.35. The first-order valence-corrected chi connectivity index (χ1v) is 7.39. The molecule has 2 heteroatoms. The number of aryl methyl sites for hydroxylation is 2. The maximum absolute atomic E-state index is 5.31. The lowest BCUT2D eigenvalue weighted by Crippen LogP contribution is -2.14. The second-order valence-corrected chi connectivity index (χ2v) is 5.91. The molecule has 2 rings (SSSR count). The van der Waals surface area contributed by atoms with Crippen LogP contribution in [0.4, 0.5) is 0 Å². The second kappa shape index (κ2) is 6.23. The standard InChI is InChI=1S/C15H21NS/c1-3-4-5-9-13(16-2)15-11-12-8-6-7-10-14(12)17-15/h1,11,13,16H,4-10H2,2H3. The summed E-state index contributed by atoms with van der Waals surface area (Å²) in [7, 11) is 2.05.